The third-order valence-corrected chi connectivity index (χ3v) is 7.03. The van der Waals surface area contributed by atoms with Crippen molar-refractivity contribution in [2.75, 3.05) is 38.2 Å². The van der Waals surface area contributed by atoms with Crippen molar-refractivity contribution in [2.45, 2.75) is 6.92 Å². The molecule has 1 amide bonds. The first-order valence-electron chi connectivity index (χ1n) is 11.9. The van der Waals surface area contributed by atoms with E-state index >= 15 is 0 Å². The van der Waals surface area contributed by atoms with Crippen molar-refractivity contribution in [3.63, 3.8) is 0 Å². The molecule has 192 valence electrons. The molecule has 0 spiro atoms. The van der Waals surface area contributed by atoms with Crippen LogP contribution in [0.25, 0.3) is 16.9 Å². The second kappa shape index (κ2) is 11.3. The molecule has 1 fully saturated rings. The van der Waals surface area contributed by atoms with E-state index in [9.17, 15) is 9.18 Å². The van der Waals surface area contributed by atoms with Crippen LogP contribution >= 0.6 is 24.0 Å². The summed E-state index contributed by atoms with van der Waals surface area (Å²) in [4.78, 5) is 17.8. The zero-order valence-corrected chi connectivity index (χ0v) is 22.2. The number of halogens is 3. The van der Waals surface area contributed by atoms with Crippen LogP contribution in [0.3, 0.4) is 0 Å². The molecule has 0 unspecified atom stereocenters. The minimum Gasteiger partial charge on any atom is -0.497 e. The minimum atomic E-state index is -0.251. The van der Waals surface area contributed by atoms with Gasteiger partial charge in [0.2, 0.25) is 0 Å². The third-order valence-electron chi connectivity index (χ3n) is 6.72. The molecule has 2 heterocycles. The lowest BCUT2D eigenvalue weighted by atomic mass is 10.1. The Hall–Kier alpha value is -3.48. The van der Waals surface area contributed by atoms with Crippen LogP contribution in [-0.2, 0) is 0 Å². The second-order valence-electron chi connectivity index (χ2n) is 8.80. The molecule has 0 atom stereocenters. The number of benzene rings is 3. The normalized spacial score (nSPS) is 13.3. The first kappa shape index (κ1) is 26.6. The highest BCUT2D eigenvalue weighted by Crippen LogP contribution is 2.34. The topological polar surface area (TPSA) is 37.7 Å². The summed E-state index contributed by atoms with van der Waals surface area (Å²) in [5.74, 6) is 0.507. The number of aromatic nitrogens is 1. The molecule has 0 aliphatic carbocycles. The summed E-state index contributed by atoms with van der Waals surface area (Å²) >= 11 is 6.59. The highest BCUT2D eigenvalue weighted by Gasteiger charge is 2.27. The lowest BCUT2D eigenvalue weighted by Crippen LogP contribution is -2.48. The number of para-hydroxylation sites is 1. The summed E-state index contributed by atoms with van der Waals surface area (Å²) < 4.78 is 20.7. The third kappa shape index (κ3) is 5.31. The quantitative estimate of drug-likeness (QED) is 0.285. The lowest BCUT2D eigenvalue weighted by Gasteiger charge is -2.36. The van der Waals surface area contributed by atoms with E-state index in [4.69, 9.17) is 16.3 Å². The molecule has 37 heavy (non-hydrogen) atoms. The number of amides is 1. The van der Waals surface area contributed by atoms with Crippen LogP contribution in [0.4, 0.5) is 10.1 Å². The van der Waals surface area contributed by atoms with Gasteiger partial charge >= 0.3 is 0 Å². The van der Waals surface area contributed by atoms with Gasteiger partial charge < -0.3 is 19.1 Å². The van der Waals surface area contributed by atoms with Gasteiger partial charge in [0.05, 0.1) is 29.1 Å². The van der Waals surface area contributed by atoms with Gasteiger partial charge in [-0.15, -0.1) is 12.4 Å². The average molecular weight is 540 g/mol. The van der Waals surface area contributed by atoms with Crippen LogP contribution in [0.5, 0.6) is 5.75 Å². The van der Waals surface area contributed by atoms with Gasteiger partial charge in [-0.1, -0.05) is 23.7 Å². The Morgan fingerprint density at radius 3 is 2.19 bits per heavy atom. The molecule has 0 radical (unpaired) electrons. The van der Waals surface area contributed by atoms with E-state index in [2.05, 4.69) is 4.90 Å². The maximum atomic E-state index is 13.7. The molecule has 1 aromatic heterocycles. The maximum absolute atomic E-state index is 13.7. The molecule has 1 aliphatic heterocycles. The summed E-state index contributed by atoms with van der Waals surface area (Å²) in [6.07, 6.45) is 0. The van der Waals surface area contributed by atoms with E-state index in [1.54, 1.807) is 19.2 Å². The largest absolute Gasteiger partial charge is 0.497 e. The van der Waals surface area contributed by atoms with Crippen LogP contribution in [0, 0.1) is 12.7 Å². The Morgan fingerprint density at radius 1 is 0.919 bits per heavy atom. The van der Waals surface area contributed by atoms with E-state index in [1.807, 2.05) is 71.0 Å². The van der Waals surface area contributed by atoms with Gasteiger partial charge in [0.25, 0.3) is 5.91 Å². The fourth-order valence-corrected chi connectivity index (χ4v) is 4.95. The zero-order chi connectivity index (χ0) is 25.2. The molecule has 5 rings (SSSR count). The van der Waals surface area contributed by atoms with Gasteiger partial charge in [-0.3, -0.25) is 4.79 Å². The highest BCUT2D eigenvalue weighted by atomic mass is 35.5. The van der Waals surface area contributed by atoms with E-state index in [0.29, 0.717) is 36.8 Å². The Bertz CT molecular complexity index is 1380. The predicted octanol–water partition coefficient (Wildman–Crippen LogP) is 6.64. The number of piperazine rings is 1. The number of hydrogen-bond donors (Lipinski definition) is 0. The standard InChI is InChI=1S/C29H27ClFN3O2.ClH/c1-20-25(29(35)33-17-15-32(16-18-33)23-11-9-22(31)10-12-23)19-28(21-7-13-24(36-2)14-8-21)34(20)27-6-4-3-5-26(27)30;/h3-14,19H,15-18H2,1-2H3;1H. The van der Waals surface area contributed by atoms with Gasteiger partial charge in [-0.25, -0.2) is 4.39 Å². The molecule has 0 saturated carbocycles. The number of methoxy groups -OCH3 is 1. The SMILES string of the molecule is COc1ccc(-c2cc(C(=O)N3CCN(c4ccc(F)cc4)CC3)c(C)n2-c2ccccc2Cl)cc1.Cl. The Morgan fingerprint density at radius 2 is 1.57 bits per heavy atom. The summed E-state index contributed by atoms with van der Waals surface area (Å²) in [5, 5.41) is 0.609. The molecular weight excluding hydrogens is 512 g/mol. The van der Waals surface area contributed by atoms with Crippen molar-refractivity contribution >= 4 is 35.6 Å². The van der Waals surface area contributed by atoms with E-state index in [1.165, 1.54) is 12.1 Å². The molecule has 5 nitrogen and oxygen atoms in total. The van der Waals surface area contributed by atoms with Gasteiger partial charge in [0.15, 0.2) is 0 Å². The average Bonchev–Trinajstić information content (AvgIpc) is 3.26. The van der Waals surface area contributed by atoms with Gasteiger partial charge in [-0.05, 0) is 79.2 Å². The molecule has 1 aliphatic rings. The van der Waals surface area contributed by atoms with Crippen LogP contribution < -0.4 is 9.64 Å². The van der Waals surface area contributed by atoms with Crippen LogP contribution in [0.1, 0.15) is 16.1 Å². The monoisotopic (exact) mass is 539 g/mol. The number of carbonyl (C=O) groups excluding carboxylic acids is 1. The molecule has 0 bridgehead atoms. The predicted molar refractivity (Wildman–Crippen MR) is 149 cm³/mol. The zero-order valence-electron chi connectivity index (χ0n) is 20.7. The Labute approximate surface area is 227 Å². The number of rotatable bonds is 5. The Kier molecular flexibility index (Phi) is 8.10. The van der Waals surface area contributed by atoms with Crippen molar-refractivity contribution < 1.29 is 13.9 Å². The van der Waals surface area contributed by atoms with Gasteiger partial charge in [-0.2, -0.15) is 0 Å². The summed E-state index contributed by atoms with van der Waals surface area (Å²) in [6, 6.07) is 23.9. The smallest absolute Gasteiger partial charge is 0.255 e. The second-order valence-corrected chi connectivity index (χ2v) is 9.21. The fourth-order valence-electron chi connectivity index (χ4n) is 4.73. The molecule has 0 N–H and O–H groups in total. The lowest BCUT2D eigenvalue weighted by molar-refractivity contribution is 0.0746. The highest BCUT2D eigenvalue weighted by molar-refractivity contribution is 6.32. The first-order chi connectivity index (χ1) is 17.5. The van der Waals surface area contributed by atoms with Crippen LogP contribution in [-0.4, -0.2) is 48.7 Å². The minimum absolute atomic E-state index is 0. The summed E-state index contributed by atoms with van der Waals surface area (Å²) in [5.41, 5.74) is 5.11. The molecule has 1 saturated heterocycles. The van der Waals surface area contributed by atoms with Crippen molar-refractivity contribution in [1.29, 1.82) is 0 Å². The van der Waals surface area contributed by atoms with Crippen molar-refractivity contribution in [2.24, 2.45) is 0 Å². The fraction of sp³-hybridized carbons (Fsp3) is 0.207. The van der Waals surface area contributed by atoms with Crippen molar-refractivity contribution in [1.82, 2.24) is 9.47 Å². The number of anilines is 1. The van der Waals surface area contributed by atoms with E-state index in [-0.39, 0.29) is 24.1 Å². The molecule has 3 aromatic carbocycles. The van der Waals surface area contributed by atoms with E-state index < -0.39 is 0 Å². The Balaban J connectivity index is 0.00000320. The first-order valence-corrected chi connectivity index (χ1v) is 12.3. The van der Waals surface area contributed by atoms with Crippen LogP contribution in [0.15, 0.2) is 78.9 Å². The van der Waals surface area contributed by atoms with Gasteiger partial charge in [0.1, 0.15) is 11.6 Å². The van der Waals surface area contributed by atoms with Gasteiger partial charge in [0, 0.05) is 37.6 Å². The molecule has 4 aromatic rings. The number of hydrogen-bond acceptors (Lipinski definition) is 3. The van der Waals surface area contributed by atoms with Crippen molar-refractivity contribution in [3.05, 3.63) is 101 Å². The van der Waals surface area contributed by atoms with E-state index in [0.717, 1.165) is 34.1 Å². The number of carbonyl (C=O) groups is 1. The number of nitrogens with zero attached hydrogens (tertiary/aromatic N) is 3. The molecular formula is C29H28Cl2FN3O2. The summed E-state index contributed by atoms with van der Waals surface area (Å²) in [6.45, 7) is 4.51. The maximum Gasteiger partial charge on any atom is 0.255 e. The number of ether oxygens (including phenoxy) is 1. The summed E-state index contributed by atoms with van der Waals surface area (Å²) in [7, 11) is 1.64. The molecule has 8 heteroatoms. The van der Waals surface area contributed by atoms with Crippen LogP contribution in [0.2, 0.25) is 5.02 Å². The van der Waals surface area contributed by atoms with Crippen molar-refractivity contribution in [3.8, 4) is 22.7 Å².